The van der Waals surface area contributed by atoms with E-state index in [1.54, 1.807) is 14.2 Å². The van der Waals surface area contributed by atoms with Crippen LogP contribution < -0.4 is 9.47 Å². The van der Waals surface area contributed by atoms with Crippen LogP contribution in [0.1, 0.15) is 32.4 Å². The van der Waals surface area contributed by atoms with Crippen molar-refractivity contribution < 1.29 is 9.47 Å². The van der Waals surface area contributed by atoms with Crippen molar-refractivity contribution in [1.82, 2.24) is 4.90 Å². The number of hydrogen-bond donors (Lipinski definition) is 0. The van der Waals surface area contributed by atoms with Gasteiger partial charge in [-0.05, 0) is 39.0 Å². The lowest BCUT2D eigenvalue weighted by atomic mass is 9.98. The van der Waals surface area contributed by atoms with E-state index in [-0.39, 0.29) is 6.04 Å². The Morgan fingerprint density at radius 2 is 1.90 bits per heavy atom. The highest BCUT2D eigenvalue weighted by molar-refractivity contribution is 5.45. The molecule has 0 N–H and O–H groups in total. The predicted octanol–water partition coefficient (Wildman–Crippen LogP) is 3.93. The van der Waals surface area contributed by atoms with E-state index < -0.39 is 0 Å². The lowest BCUT2D eigenvalue weighted by molar-refractivity contribution is 0.256. The van der Waals surface area contributed by atoms with E-state index in [9.17, 15) is 0 Å². The minimum absolute atomic E-state index is 0.195. The van der Waals surface area contributed by atoms with E-state index in [0.717, 1.165) is 17.1 Å². The topological polar surface area (TPSA) is 21.7 Å². The second-order valence-electron chi connectivity index (χ2n) is 5.32. The van der Waals surface area contributed by atoms with Crippen LogP contribution in [0.2, 0.25) is 0 Å². The molecular weight excluding hydrogens is 250 g/mol. The van der Waals surface area contributed by atoms with Crippen LogP contribution in [-0.2, 0) is 0 Å². The Morgan fingerprint density at radius 1 is 1.15 bits per heavy atom. The van der Waals surface area contributed by atoms with Gasteiger partial charge in [0.05, 0.1) is 20.3 Å². The molecule has 1 aliphatic rings. The second kappa shape index (κ2) is 6.04. The fraction of sp³-hybridized carbons (Fsp3) is 0.412. The lowest BCUT2D eigenvalue weighted by Crippen LogP contribution is -2.31. The molecule has 3 nitrogen and oxygen atoms in total. The van der Waals surface area contributed by atoms with Crippen LogP contribution in [0.25, 0.3) is 0 Å². The SMILES string of the molecule is COc1ccc(C2C=C(C)C=CN2C(C)C)c(OC)c1. The van der Waals surface area contributed by atoms with Crippen molar-refractivity contribution >= 4 is 0 Å². The van der Waals surface area contributed by atoms with Crippen molar-refractivity contribution in [2.75, 3.05) is 14.2 Å². The van der Waals surface area contributed by atoms with Gasteiger partial charge in [-0.2, -0.15) is 0 Å². The molecule has 1 atom stereocenters. The summed E-state index contributed by atoms with van der Waals surface area (Å²) in [6, 6.07) is 6.63. The van der Waals surface area contributed by atoms with Gasteiger partial charge in [-0.1, -0.05) is 11.6 Å². The Labute approximate surface area is 121 Å². The molecule has 0 saturated heterocycles. The number of methoxy groups -OCH3 is 2. The molecule has 0 radical (unpaired) electrons. The molecule has 0 saturated carbocycles. The van der Waals surface area contributed by atoms with Crippen LogP contribution in [-0.4, -0.2) is 25.2 Å². The number of benzene rings is 1. The Bertz CT molecular complexity index is 532. The first-order chi connectivity index (χ1) is 9.56. The van der Waals surface area contributed by atoms with Gasteiger partial charge in [0.15, 0.2) is 0 Å². The first-order valence-electron chi connectivity index (χ1n) is 6.92. The zero-order valence-electron chi connectivity index (χ0n) is 12.9. The van der Waals surface area contributed by atoms with Crippen LogP contribution in [0, 0.1) is 0 Å². The van der Waals surface area contributed by atoms with Crippen molar-refractivity contribution in [2.24, 2.45) is 0 Å². The van der Waals surface area contributed by atoms with Gasteiger partial charge in [-0.15, -0.1) is 0 Å². The van der Waals surface area contributed by atoms with E-state index in [2.05, 4.69) is 50.1 Å². The summed E-state index contributed by atoms with van der Waals surface area (Å²) in [5, 5.41) is 0. The summed E-state index contributed by atoms with van der Waals surface area (Å²) >= 11 is 0. The van der Waals surface area contributed by atoms with Crippen molar-refractivity contribution in [3.05, 3.63) is 47.7 Å². The maximum atomic E-state index is 5.54. The fourth-order valence-corrected chi connectivity index (χ4v) is 2.49. The number of allylic oxidation sites excluding steroid dienone is 2. The van der Waals surface area contributed by atoms with E-state index in [4.69, 9.17) is 9.47 Å². The molecule has 108 valence electrons. The van der Waals surface area contributed by atoms with Gasteiger partial charge in [0.1, 0.15) is 11.5 Å². The molecule has 0 fully saturated rings. The molecule has 20 heavy (non-hydrogen) atoms. The third kappa shape index (κ3) is 2.82. The summed E-state index contributed by atoms with van der Waals surface area (Å²) in [5.74, 6) is 1.67. The second-order valence-corrected chi connectivity index (χ2v) is 5.32. The van der Waals surface area contributed by atoms with E-state index in [1.807, 2.05) is 12.1 Å². The smallest absolute Gasteiger partial charge is 0.128 e. The molecule has 1 heterocycles. The Balaban J connectivity index is 2.45. The van der Waals surface area contributed by atoms with Crippen molar-refractivity contribution in [3.8, 4) is 11.5 Å². The number of nitrogens with zero attached hydrogens (tertiary/aromatic N) is 1. The molecular formula is C17H23NO2. The number of ether oxygens (including phenoxy) is 2. The van der Waals surface area contributed by atoms with E-state index in [1.165, 1.54) is 5.57 Å². The molecule has 0 spiro atoms. The number of rotatable bonds is 4. The average molecular weight is 273 g/mol. The molecule has 3 heteroatoms. The maximum absolute atomic E-state index is 5.54. The van der Waals surface area contributed by atoms with Gasteiger partial charge in [0.2, 0.25) is 0 Å². The maximum Gasteiger partial charge on any atom is 0.128 e. The monoisotopic (exact) mass is 273 g/mol. The van der Waals surface area contributed by atoms with Crippen LogP contribution in [0.5, 0.6) is 11.5 Å². The highest BCUT2D eigenvalue weighted by Crippen LogP contribution is 2.36. The largest absolute Gasteiger partial charge is 0.497 e. The molecule has 1 aromatic carbocycles. The highest BCUT2D eigenvalue weighted by Gasteiger charge is 2.23. The minimum atomic E-state index is 0.195. The summed E-state index contributed by atoms with van der Waals surface area (Å²) in [6.07, 6.45) is 6.57. The van der Waals surface area contributed by atoms with E-state index >= 15 is 0 Å². The van der Waals surface area contributed by atoms with Crippen LogP contribution in [0.15, 0.2) is 42.1 Å². The standard InChI is InChI=1S/C17H23NO2/c1-12(2)18-9-8-13(3)10-16(18)15-7-6-14(19-4)11-17(15)20-5/h6-12,16H,1-5H3. The third-order valence-electron chi connectivity index (χ3n) is 3.61. The third-order valence-corrected chi connectivity index (χ3v) is 3.61. The average Bonchev–Trinajstić information content (AvgIpc) is 2.46. The fourth-order valence-electron chi connectivity index (χ4n) is 2.49. The molecule has 1 aromatic rings. The highest BCUT2D eigenvalue weighted by atomic mass is 16.5. The summed E-state index contributed by atoms with van der Waals surface area (Å²) < 4.78 is 10.8. The quantitative estimate of drug-likeness (QED) is 0.829. The molecule has 0 aromatic heterocycles. The zero-order chi connectivity index (χ0) is 14.7. The lowest BCUT2D eigenvalue weighted by Gasteiger charge is -2.35. The molecule has 1 unspecified atom stereocenters. The summed E-state index contributed by atoms with van der Waals surface area (Å²) in [5.41, 5.74) is 2.43. The van der Waals surface area contributed by atoms with Gasteiger partial charge < -0.3 is 14.4 Å². The van der Waals surface area contributed by atoms with Gasteiger partial charge in [0.25, 0.3) is 0 Å². The van der Waals surface area contributed by atoms with Gasteiger partial charge in [-0.3, -0.25) is 0 Å². The summed E-state index contributed by atoms with van der Waals surface area (Å²) in [7, 11) is 3.37. The normalized spacial score (nSPS) is 18.2. The first kappa shape index (κ1) is 14.5. The van der Waals surface area contributed by atoms with Crippen molar-refractivity contribution in [2.45, 2.75) is 32.9 Å². The molecule has 0 bridgehead atoms. The van der Waals surface area contributed by atoms with Gasteiger partial charge in [-0.25, -0.2) is 0 Å². The Morgan fingerprint density at radius 3 is 2.50 bits per heavy atom. The van der Waals surface area contributed by atoms with Crippen LogP contribution >= 0.6 is 0 Å². The summed E-state index contributed by atoms with van der Waals surface area (Å²) in [4.78, 5) is 2.33. The molecule has 0 aliphatic carbocycles. The van der Waals surface area contributed by atoms with Crippen molar-refractivity contribution in [3.63, 3.8) is 0 Å². The summed E-state index contributed by atoms with van der Waals surface area (Å²) in [6.45, 7) is 6.51. The number of hydrogen-bond acceptors (Lipinski definition) is 3. The Kier molecular flexibility index (Phi) is 4.38. The molecule has 2 rings (SSSR count). The molecule has 1 aliphatic heterocycles. The van der Waals surface area contributed by atoms with Crippen LogP contribution in [0.3, 0.4) is 0 Å². The molecule has 0 amide bonds. The van der Waals surface area contributed by atoms with Gasteiger partial charge in [0, 0.05) is 23.9 Å². The van der Waals surface area contributed by atoms with Crippen molar-refractivity contribution in [1.29, 1.82) is 0 Å². The van der Waals surface area contributed by atoms with Gasteiger partial charge >= 0.3 is 0 Å². The van der Waals surface area contributed by atoms with E-state index in [0.29, 0.717) is 6.04 Å². The Hall–Kier alpha value is -1.90. The first-order valence-corrected chi connectivity index (χ1v) is 6.92. The minimum Gasteiger partial charge on any atom is -0.497 e. The zero-order valence-corrected chi connectivity index (χ0v) is 12.9. The predicted molar refractivity (Wildman–Crippen MR) is 82.2 cm³/mol. The van der Waals surface area contributed by atoms with Crippen LogP contribution in [0.4, 0.5) is 0 Å².